The van der Waals surface area contributed by atoms with Gasteiger partial charge in [0.2, 0.25) is 0 Å². The number of imidazole rings is 1. The molecule has 1 unspecified atom stereocenters. The Morgan fingerprint density at radius 3 is 3.00 bits per heavy atom. The van der Waals surface area contributed by atoms with Crippen molar-refractivity contribution in [3.63, 3.8) is 0 Å². The minimum Gasteiger partial charge on any atom is -0.341 e. The first-order valence-corrected chi connectivity index (χ1v) is 9.63. The maximum absolute atomic E-state index is 4.77. The highest BCUT2D eigenvalue weighted by Crippen LogP contribution is 2.22. The molecular formula is C18H22N6S. The second-order valence-electron chi connectivity index (χ2n) is 6.74. The first-order valence-electron chi connectivity index (χ1n) is 8.68. The quantitative estimate of drug-likeness (QED) is 0.762. The highest BCUT2D eigenvalue weighted by molar-refractivity contribution is 7.07. The topological polar surface area (TPSA) is 70.6 Å². The van der Waals surface area contributed by atoms with Crippen LogP contribution in [0.15, 0.2) is 29.5 Å². The van der Waals surface area contributed by atoms with Crippen LogP contribution in [0.3, 0.4) is 0 Å². The Morgan fingerprint density at radius 2 is 2.20 bits per heavy atom. The molecule has 130 valence electrons. The summed E-state index contributed by atoms with van der Waals surface area (Å²) in [7, 11) is 0. The fourth-order valence-electron chi connectivity index (χ4n) is 3.46. The van der Waals surface area contributed by atoms with Gasteiger partial charge in [0.25, 0.3) is 0 Å². The van der Waals surface area contributed by atoms with Gasteiger partial charge in [-0.15, -0.1) is 11.3 Å². The SMILES string of the molecule is Cc1cnc(-c2cncc(CC3CCCN(Cc4cscn4)C3)n2)[nH]1. The number of thiazole rings is 1. The Balaban J connectivity index is 1.41. The van der Waals surface area contributed by atoms with Gasteiger partial charge in [-0.2, -0.15) is 0 Å². The molecule has 1 atom stereocenters. The predicted molar refractivity (Wildman–Crippen MR) is 98.2 cm³/mol. The normalized spacial score (nSPS) is 18.5. The average molecular weight is 354 g/mol. The number of hydrogen-bond acceptors (Lipinski definition) is 6. The van der Waals surface area contributed by atoms with Crippen molar-refractivity contribution in [3.05, 3.63) is 46.6 Å². The van der Waals surface area contributed by atoms with Crippen LogP contribution >= 0.6 is 11.3 Å². The number of aromatic amines is 1. The Bertz CT molecular complexity index is 813. The third kappa shape index (κ3) is 4.11. The average Bonchev–Trinajstić information content (AvgIpc) is 3.27. The van der Waals surface area contributed by atoms with Crippen molar-refractivity contribution in [2.45, 2.75) is 32.7 Å². The molecule has 1 aliphatic heterocycles. The standard InChI is InChI=1S/C18H22N6S/c1-13-6-20-18(22-13)17-8-19-7-15(23-17)5-14-3-2-4-24(9-14)10-16-11-25-12-21-16/h6-8,11-12,14H,2-5,9-10H2,1H3,(H,20,22). The number of likely N-dealkylation sites (tertiary alicyclic amines) is 1. The molecule has 1 N–H and O–H groups in total. The molecule has 4 heterocycles. The molecule has 0 aromatic carbocycles. The van der Waals surface area contributed by atoms with Crippen molar-refractivity contribution in [1.29, 1.82) is 0 Å². The minimum atomic E-state index is 0.621. The van der Waals surface area contributed by atoms with Gasteiger partial charge in [-0.1, -0.05) is 0 Å². The minimum absolute atomic E-state index is 0.621. The molecule has 1 saturated heterocycles. The van der Waals surface area contributed by atoms with Crippen molar-refractivity contribution in [1.82, 2.24) is 29.8 Å². The van der Waals surface area contributed by atoms with Gasteiger partial charge in [-0.25, -0.2) is 15.0 Å². The van der Waals surface area contributed by atoms with Gasteiger partial charge in [0, 0.05) is 36.6 Å². The van der Waals surface area contributed by atoms with E-state index in [1.165, 1.54) is 18.5 Å². The number of H-pyrrole nitrogens is 1. The monoisotopic (exact) mass is 354 g/mol. The van der Waals surface area contributed by atoms with E-state index in [1.54, 1.807) is 17.5 Å². The van der Waals surface area contributed by atoms with Crippen LogP contribution in [0.2, 0.25) is 0 Å². The van der Waals surface area contributed by atoms with Crippen molar-refractivity contribution in [3.8, 4) is 11.5 Å². The van der Waals surface area contributed by atoms with E-state index in [9.17, 15) is 0 Å². The van der Waals surface area contributed by atoms with Gasteiger partial charge in [0.05, 0.1) is 23.1 Å². The molecule has 4 rings (SSSR count). The van der Waals surface area contributed by atoms with Crippen LogP contribution < -0.4 is 0 Å². The number of aryl methyl sites for hydroxylation is 1. The highest BCUT2D eigenvalue weighted by Gasteiger charge is 2.21. The van der Waals surface area contributed by atoms with Gasteiger partial charge in [0.15, 0.2) is 5.82 Å². The van der Waals surface area contributed by atoms with Crippen LogP contribution in [0.25, 0.3) is 11.5 Å². The molecule has 7 heteroatoms. The summed E-state index contributed by atoms with van der Waals surface area (Å²) in [6.45, 7) is 5.21. The lowest BCUT2D eigenvalue weighted by atomic mass is 9.93. The van der Waals surface area contributed by atoms with Crippen LogP contribution in [0, 0.1) is 12.8 Å². The highest BCUT2D eigenvalue weighted by atomic mass is 32.1. The largest absolute Gasteiger partial charge is 0.341 e. The van der Waals surface area contributed by atoms with E-state index >= 15 is 0 Å². The van der Waals surface area contributed by atoms with E-state index in [0.29, 0.717) is 5.92 Å². The van der Waals surface area contributed by atoms with E-state index in [-0.39, 0.29) is 0 Å². The molecule has 6 nitrogen and oxygen atoms in total. The van der Waals surface area contributed by atoms with Gasteiger partial charge in [0.1, 0.15) is 5.69 Å². The maximum Gasteiger partial charge on any atom is 0.157 e. The Labute approximate surface area is 151 Å². The molecule has 0 bridgehead atoms. The van der Waals surface area contributed by atoms with Crippen LogP contribution in [0.1, 0.15) is 29.9 Å². The summed E-state index contributed by atoms with van der Waals surface area (Å²) in [6, 6.07) is 0. The summed E-state index contributed by atoms with van der Waals surface area (Å²) < 4.78 is 0. The van der Waals surface area contributed by atoms with Gasteiger partial charge in [-0.3, -0.25) is 9.88 Å². The number of nitrogens with zero attached hydrogens (tertiary/aromatic N) is 5. The lowest BCUT2D eigenvalue weighted by Crippen LogP contribution is -2.35. The van der Waals surface area contributed by atoms with Crippen molar-refractivity contribution < 1.29 is 0 Å². The molecule has 0 radical (unpaired) electrons. The fraction of sp³-hybridized carbons (Fsp3) is 0.444. The van der Waals surface area contributed by atoms with Gasteiger partial charge in [-0.05, 0) is 38.6 Å². The fourth-order valence-corrected chi connectivity index (χ4v) is 4.01. The molecule has 3 aromatic heterocycles. The van der Waals surface area contributed by atoms with Crippen LogP contribution in [-0.2, 0) is 13.0 Å². The first kappa shape index (κ1) is 16.4. The smallest absolute Gasteiger partial charge is 0.157 e. The molecular weight excluding hydrogens is 332 g/mol. The summed E-state index contributed by atoms with van der Waals surface area (Å²) in [6.07, 6.45) is 8.93. The lowest BCUT2D eigenvalue weighted by molar-refractivity contribution is 0.165. The molecule has 1 fully saturated rings. The number of piperidine rings is 1. The zero-order chi connectivity index (χ0) is 17.1. The third-order valence-electron chi connectivity index (χ3n) is 4.60. The Hall–Kier alpha value is -2.12. The summed E-state index contributed by atoms with van der Waals surface area (Å²) in [5.74, 6) is 1.41. The first-order chi connectivity index (χ1) is 12.3. The van der Waals surface area contributed by atoms with Crippen molar-refractivity contribution >= 4 is 11.3 Å². The second-order valence-corrected chi connectivity index (χ2v) is 7.46. The predicted octanol–water partition coefficient (Wildman–Crippen LogP) is 3.09. The van der Waals surface area contributed by atoms with E-state index in [2.05, 4.69) is 30.2 Å². The Kier molecular flexibility index (Phi) is 4.85. The molecule has 0 spiro atoms. The number of rotatable bonds is 5. The lowest BCUT2D eigenvalue weighted by Gasteiger charge is -2.32. The van der Waals surface area contributed by atoms with E-state index in [1.807, 2.05) is 24.8 Å². The molecule has 1 aliphatic rings. The Morgan fingerprint density at radius 1 is 1.24 bits per heavy atom. The molecule has 0 aliphatic carbocycles. The maximum atomic E-state index is 4.77. The van der Waals surface area contributed by atoms with Crippen molar-refractivity contribution in [2.75, 3.05) is 13.1 Å². The van der Waals surface area contributed by atoms with Gasteiger partial charge < -0.3 is 4.98 Å². The summed E-state index contributed by atoms with van der Waals surface area (Å²) >= 11 is 1.67. The molecule has 25 heavy (non-hydrogen) atoms. The van der Waals surface area contributed by atoms with Crippen molar-refractivity contribution in [2.24, 2.45) is 5.92 Å². The second kappa shape index (κ2) is 7.41. The molecule has 3 aromatic rings. The van der Waals surface area contributed by atoms with Crippen LogP contribution in [0.5, 0.6) is 0 Å². The van der Waals surface area contributed by atoms with Gasteiger partial charge >= 0.3 is 0 Å². The molecule has 0 amide bonds. The number of hydrogen-bond donors (Lipinski definition) is 1. The molecule has 0 saturated carbocycles. The number of nitrogens with one attached hydrogen (secondary N) is 1. The van der Waals surface area contributed by atoms with Crippen LogP contribution in [0.4, 0.5) is 0 Å². The third-order valence-corrected chi connectivity index (χ3v) is 5.24. The van der Waals surface area contributed by atoms with E-state index < -0.39 is 0 Å². The van der Waals surface area contributed by atoms with Crippen LogP contribution in [-0.4, -0.2) is 42.9 Å². The summed E-state index contributed by atoms with van der Waals surface area (Å²) in [5.41, 5.74) is 5.99. The van der Waals surface area contributed by atoms with E-state index in [0.717, 1.165) is 49.0 Å². The zero-order valence-electron chi connectivity index (χ0n) is 14.4. The summed E-state index contributed by atoms with van der Waals surface area (Å²) in [5, 5.41) is 2.14. The summed E-state index contributed by atoms with van der Waals surface area (Å²) in [4.78, 5) is 23.6. The number of aromatic nitrogens is 5. The zero-order valence-corrected chi connectivity index (χ0v) is 15.2. The van der Waals surface area contributed by atoms with E-state index in [4.69, 9.17) is 4.98 Å².